The first-order valence-electron chi connectivity index (χ1n) is 5.38. The van der Waals surface area contributed by atoms with Crippen LogP contribution >= 0.6 is 0 Å². The van der Waals surface area contributed by atoms with Gasteiger partial charge in [0.15, 0.2) is 17.5 Å². The van der Waals surface area contributed by atoms with Crippen LogP contribution in [-0.2, 0) is 6.54 Å². The van der Waals surface area contributed by atoms with Gasteiger partial charge in [0, 0.05) is 13.6 Å². The summed E-state index contributed by atoms with van der Waals surface area (Å²) in [6.07, 6.45) is 0. The molecule has 1 aromatic rings. The molecule has 0 fully saturated rings. The monoisotopic (exact) mass is 249 g/mol. The van der Waals surface area contributed by atoms with Gasteiger partial charge in [-0.3, -0.25) is 4.99 Å². The first kappa shape index (κ1) is 12.0. The van der Waals surface area contributed by atoms with Gasteiger partial charge in [0.25, 0.3) is 0 Å². The van der Waals surface area contributed by atoms with Crippen LogP contribution in [0, 0.1) is 0 Å². The van der Waals surface area contributed by atoms with Gasteiger partial charge in [-0.05, 0) is 17.7 Å². The zero-order valence-electron chi connectivity index (χ0n) is 10.0. The first-order valence-corrected chi connectivity index (χ1v) is 5.38. The number of rotatable bonds is 2. The van der Waals surface area contributed by atoms with Gasteiger partial charge in [-0.25, -0.2) is 0 Å². The summed E-state index contributed by atoms with van der Waals surface area (Å²) in [5.41, 5.74) is 11.6. The Morgan fingerprint density at radius 3 is 2.83 bits per heavy atom. The molecular formula is C11H15N5O2. The van der Waals surface area contributed by atoms with E-state index < -0.39 is 0 Å². The number of fused-ring (bicyclic) bond motifs is 1. The lowest BCUT2D eigenvalue weighted by molar-refractivity contribution is 0.174. The lowest BCUT2D eigenvalue weighted by Gasteiger charge is -2.06. The number of aliphatic imine (C=N–C) groups is 2. The van der Waals surface area contributed by atoms with Crippen molar-refractivity contribution in [1.29, 1.82) is 0 Å². The second-order valence-electron chi connectivity index (χ2n) is 3.63. The lowest BCUT2D eigenvalue weighted by atomic mass is 10.2. The van der Waals surface area contributed by atoms with E-state index in [2.05, 4.69) is 15.3 Å². The molecule has 0 unspecified atom stereocenters. The highest BCUT2D eigenvalue weighted by molar-refractivity contribution is 5.93. The van der Waals surface area contributed by atoms with Crippen LogP contribution in [0.4, 0.5) is 0 Å². The molecule has 0 aromatic heterocycles. The standard InChI is InChI=1S/C11H15N5O2/c1-14-11(16-10(12)13)15-5-7-2-3-8-9(4-7)18-6-17-8/h2-4H,5-6H2,1H3,(H5,12,13,14,15,16). The minimum absolute atomic E-state index is 0.0335. The second kappa shape index (κ2) is 5.26. The molecule has 0 bridgehead atoms. The molecule has 1 aromatic carbocycles. The fourth-order valence-electron chi connectivity index (χ4n) is 1.52. The number of hydrogen-bond acceptors (Lipinski definition) is 3. The highest BCUT2D eigenvalue weighted by Crippen LogP contribution is 2.32. The maximum Gasteiger partial charge on any atom is 0.231 e. The summed E-state index contributed by atoms with van der Waals surface area (Å²) in [4.78, 5) is 7.76. The highest BCUT2D eigenvalue weighted by atomic mass is 16.7. The molecule has 1 aliphatic rings. The Morgan fingerprint density at radius 1 is 1.33 bits per heavy atom. The Kier molecular flexibility index (Phi) is 3.52. The second-order valence-corrected chi connectivity index (χ2v) is 3.63. The van der Waals surface area contributed by atoms with Crippen molar-refractivity contribution >= 4 is 11.9 Å². The van der Waals surface area contributed by atoms with Crippen LogP contribution < -0.4 is 26.3 Å². The number of nitrogens with zero attached hydrogens (tertiary/aromatic N) is 2. The third-order valence-corrected chi connectivity index (χ3v) is 2.33. The Hall–Kier alpha value is -2.44. The van der Waals surface area contributed by atoms with Gasteiger partial charge in [0.05, 0.1) is 0 Å². The lowest BCUT2D eigenvalue weighted by Crippen LogP contribution is -2.29. The van der Waals surface area contributed by atoms with Crippen molar-refractivity contribution in [3.63, 3.8) is 0 Å². The Labute approximate surface area is 104 Å². The van der Waals surface area contributed by atoms with Crippen LogP contribution in [0.1, 0.15) is 5.56 Å². The number of nitrogens with one attached hydrogen (secondary N) is 1. The van der Waals surface area contributed by atoms with E-state index in [0.717, 1.165) is 17.1 Å². The van der Waals surface area contributed by atoms with Crippen LogP contribution in [0.25, 0.3) is 0 Å². The summed E-state index contributed by atoms with van der Waals surface area (Å²) in [6, 6.07) is 5.70. The molecule has 0 spiro atoms. The third kappa shape index (κ3) is 2.82. The van der Waals surface area contributed by atoms with E-state index in [1.165, 1.54) is 0 Å². The van der Waals surface area contributed by atoms with Gasteiger partial charge < -0.3 is 26.3 Å². The Bertz CT molecular complexity index is 494. The van der Waals surface area contributed by atoms with E-state index in [-0.39, 0.29) is 12.8 Å². The van der Waals surface area contributed by atoms with Crippen LogP contribution in [0.15, 0.2) is 28.2 Å². The predicted molar refractivity (Wildman–Crippen MR) is 68.6 cm³/mol. The molecular weight excluding hydrogens is 234 g/mol. The number of hydrogen-bond donors (Lipinski definition) is 3. The van der Waals surface area contributed by atoms with Gasteiger partial charge >= 0.3 is 0 Å². The fourth-order valence-corrected chi connectivity index (χ4v) is 1.52. The van der Waals surface area contributed by atoms with Gasteiger partial charge in [-0.1, -0.05) is 6.07 Å². The van der Waals surface area contributed by atoms with Crippen molar-refractivity contribution in [3.8, 4) is 11.5 Å². The van der Waals surface area contributed by atoms with Crippen LogP contribution in [0.5, 0.6) is 11.5 Å². The minimum Gasteiger partial charge on any atom is -0.454 e. The Morgan fingerprint density at radius 2 is 2.11 bits per heavy atom. The normalized spacial score (nSPS) is 13.3. The zero-order valence-corrected chi connectivity index (χ0v) is 10.0. The molecule has 0 saturated heterocycles. The molecule has 0 radical (unpaired) electrons. The summed E-state index contributed by atoms with van der Waals surface area (Å²) in [5, 5.41) is 3.01. The van der Waals surface area contributed by atoms with E-state index in [9.17, 15) is 0 Å². The summed E-state index contributed by atoms with van der Waals surface area (Å²) in [7, 11) is 1.61. The maximum absolute atomic E-state index is 5.29. The smallest absolute Gasteiger partial charge is 0.231 e. The molecule has 2 rings (SSSR count). The van der Waals surface area contributed by atoms with E-state index in [0.29, 0.717) is 12.5 Å². The van der Waals surface area contributed by atoms with E-state index >= 15 is 0 Å². The van der Waals surface area contributed by atoms with E-state index in [1.54, 1.807) is 7.05 Å². The third-order valence-electron chi connectivity index (χ3n) is 2.33. The van der Waals surface area contributed by atoms with Crippen molar-refractivity contribution in [2.45, 2.75) is 6.54 Å². The first-order chi connectivity index (χ1) is 8.69. The molecule has 0 amide bonds. The van der Waals surface area contributed by atoms with Crippen molar-refractivity contribution in [2.75, 3.05) is 13.8 Å². The van der Waals surface area contributed by atoms with Gasteiger partial charge in [0.1, 0.15) is 0 Å². The molecule has 1 heterocycles. The van der Waals surface area contributed by atoms with Gasteiger partial charge in [0.2, 0.25) is 12.8 Å². The summed E-state index contributed by atoms with van der Waals surface area (Å²) in [6.45, 7) is 0.808. The van der Waals surface area contributed by atoms with E-state index in [1.807, 2.05) is 18.2 Å². The molecule has 5 N–H and O–H groups in total. The van der Waals surface area contributed by atoms with Gasteiger partial charge in [-0.15, -0.1) is 0 Å². The number of ether oxygens (including phenoxy) is 2. The molecule has 96 valence electrons. The SMILES string of the molecule is CN=C(N=C(N)N)NCc1ccc2c(c1)OCO2. The highest BCUT2D eigenvalue weighted by Gasteiger charge is 2.12. The van der Waals surface area contributed by atoms with Crippen molar-refractivity contribution < 1.29 is 9.47 Å². The number of nitrogens with two attached hydrogens (primary N) is 2. The topological polar surface area (TPSA) is 107 Å². The maximum atomic E-state index is 5.29. The van der Waals surface area contributed by atoms with Crippen LogP contribution in [-0.4, -0.2) is 25.8 Å². The van der Waals surface area contributed by atoms with E-state index in [4.69, 9.17) is 20.9 Å². The molecule has 0 aliphatic carbocycles. The van der Waals surface area contributed by atoms with Gasteiger partial charge in [-0.2, -0.15) is 4.99 Å². The number of guanidine groups is 2. The molecule has 0 atom stereocenters. The quantitative estimate of drug-likeness (QED) is 0.495. The molecule has 0 saturated carbocycles. The average Bonchev–Trinajstić information content (AvgIpc) is 2.81. The predicted octanol–water partition coefficient (Wildman–Crippen LogP) is -0.236. The largest absolute Gasteiger partial charge is 0.454 e. The average molecular weight is 249 g/mol. The van der Waals surface area contributed by atoms with Crippen molar-refractivity contribution in [2.24, 2.45) is 21.5 Å². The molecule has 7 heteroatoms. The van der Waals surface area contributed by atoms with Crippen molar-refractivity contribution in [1.82, 2.24) is 5.32 Å². The van der Waals surface area contributed by atoms with Crippen molar-refractivity contribution in [3.05, 3.63) is 23.8 Å². The summed E-state index contributed by atoms with van der Waals surface area (Å²) < 4.78 is 10.5. The Balaban J connectivity index is 2.00. The van der Waals surface area contributed by atoms with Crippen LogP contribution in [0.3, 0.4) is 0 Å². The molecule has 18 heavy (non-hydrogen) atoms. The summed E-state index contributed by atoms with van der Waals surface area (Å²) in [5.74, 6) is 1.85. The van der Waals surface area contributed by atoms with Crippen LogP contribution in [0.2, 0.25) is 0 Å². The number of benzene rings is 1. The summed E-state index contributed by atoms with van der Waals surface area (Å²) >= 11 is 0. The minimum atomic E-state index is -0.0335. The zero-order chi connectivity index (χ0) is 13.0. The molecule has 1 aliphatic heterocycles. The fraction of sp³-hybridized carbons (Fsp3) is 0.273. The molecule has 7 nitrogen and oxygen atoms in total.